The van der Waals surface area contributed by atoms with Crippen LogP contribution in [0, 0.1) is 5.92 Å². The first kappa shape index (κ1) is 19.0. The summed E-state index contributed by atoms with van der Waals surface area (Å²) >= 11 is 0. The maximum Gasteiger partial charge on any atom is 0.178 e. The Kier molecular flexibility index (Phi) is 6.84. The fourth-order valence-corrected chi connectivity index (χ4v) is 4.91. The van der Waals surface area contributed by atoms with Crippen molar-refractivity contribution in [2.45, 2.75) is 24.3 Å². The van der Waals surface area contributed by atoms with E-state index in [2.05, 4.69) is 29.2 Å². The summed E-state index contributed by atoms with van der Waals surface area (Å²) in [7, 11) is -3.15. The van der Waals surface area contributed by atoms with Crippen molar-refractivity contribution in [2.75, 3.05) is 18.8 Å². The Balaban J connectivity index is 0.00000208. The molecule has 0 amide bonds. The molecule has 1 aliphatic rings. The molecule has 24 heavy (non-hydrogen) atoms. The number of rotatable bonds is 5. The van der Waals surface area contributed by atoms with Gasteiger partial charge in [-0.15, -0.1) is 12.4 Å². The number of halogens is 1. The van der Waals surface area contributed by atoms with E-state index in [1.165, 1.54) is 5.56 Å². The van der Waals surface area contributed by atoms with E-state index in [1.54, 1.807) is 24.3 Å². The van der Waals surface area contributed by atoms with Gasteiger partial charge in [-0.25, -0.2) is 8.42 Å². The van der Waals surface area contributed by atoms with Crippen LogP contribution < -0.4 is 0 Å². The van der Waals surface area contributed by atoms with Crippen molar-refractivity contribution in [3.8, 4) is 0 Å². The van der Waals surface area contributed by atoms with Crippen LogP contribution in [0.15, 0.2) is 65.6 Å². The Morgan fingerprint density at radius 2 is 1.42 bits per heavy atom. The molecule has 0 aliphatic carbocycles. The second kappa shape index (κ2) is 8.65. The quantitative estimate of drug-likeness (QED) is 0.808. The van der Waals surface area contributed by atoms with Crippen molar-refractivity contribution in [2.24, 2.45) is 5.92 Å². The lowest BCUT2D eigenvalue weighted by Gasteiger charge is -2.31. The van der Waals surface area contributed by atoms with Crippen molar-refractivity contribution in [3.05, 3.63) is 66.2 Å². The molecule has 0 N–H and O–H groups in total. The van der Waals surface area contributed by atoms with E-state index in [1.807, 2.05) is 12.1 Å². The fraction of sp³-hybridized carbons (Fsp3) is 0.368. The van der Waals surface area contributed by atoms with Crippen LogP contribution in [0.4, 0.5) is 0 Å². The third-order valence-corrected chi connectivity index (χ3v) is 6.41. The molecule has 2 aromatic rings. The molecule has 130 valence electrons. The Morgan fingerprint density at radius 1 is 0.875 bits per heavy atom. The van der Waals surface area contributed by atoms with Gasteiger partial charge >= 0.3 is 0 Å². The topological polar surface area (TPSA) is 37.4 Å². The molecular weight excluding hydrogens is 342 g/mol. The maximum absolute atomic E-state index is 12.5. The van der Waals surface area contributed by atoms with Gasteiger partial charge in [0.25, 0.3) is 0 Å². The molecule has 1 heterocycles. The van der Waals surface area contributed by atoms with Gasteiger partial charge < -0.3 is 0 Å². The van der Waals surface area contributed by atoms with E-state index in [0.717, 1.165) is 32.5 Å². The molecule has 3 nitrogen and oxygen atoms in total. The second-order valence-corrected chi connectivity index (χ2v) is 8.33. The lowest BCUT2D eigenvalue weighted by Crippen LogP contribution is -2.35. The van der Waals surface area contributed by atoms with Crippen LogP contribution in [-0.2, 0) is 16.4 Å². The molecule has 1 saturated heterocycles. The van der Waals surface area contributed by atoms with Crippen LogP contribution in [0.1, 0.15) is 18.4 Å². The summed E-state index contributed by atoms with van der Waals surface area (Å²) in [4.78, 5) is 2.87. The predicted molar refractivity (Wildman–Crippen MR) is 100 cm³/mol. The first-order valence-corrected chi connectivity index (χ1v) is 9.83. The van der Waals surface area contributed by atoms with E-state index in [4.69, 9.17) is 0 Å². The number of likely N-dealkylation sites (tertiary alicyclic amines) is 1. The molecule has 5 heteroatoms. The van der Waals surface area contributed by atoms with Gasteiger partial charge in [-0.05, 0) is 49.5 Å². The Labute approximate surface area is 151 Å². The van der Waals surface area contributed by atoms with E-state index in [9.17, 15) is 8.42 Å². The molecule has 1 aliphatic heterocycles. The molecule has 0 saturated carbocycles. The van der Waals surface area contributed by atoms with Gasteiger partial charge in [0.15, 0.2) is 9.84 Å². The van der Waals surface area contributed by atoms with E-state index in [-0.39, 0.29) is 24.1 Å². The Hall–Kier alpha value is -1.36. The molecule has 1 fully saturated rings. The van der Waals surface area contributed by atoms with Gasteiger partial charge in [0.1, 0.15) is 0 Å². The largest absolute Gasteiger partial charge is 0.299 e. The van der Waals surface area contributed by atoms with Gasteiger partial charge in [-0.2, -0.15) is 0 Å². The zero-order valence-electron chi connectivity index (χ0n) is 13.7. The molecule has 0 radical (unpaired) electrons. The maximum atomic E-state index is 12.5. The van der Waals surface area contributed by atoms with Crippen molar-refractivity contribution >= 4 is 22.2 Å². The second-order valence-electron chi connectivity index (χ2n) is 6.30. The highest BCUT2D eigenvalue weighted by atomic mass is 35.5. The third kappa shape index (κ3) is 5.07. The molecule has 0 unspecified atom stereocenters. The summed E-state index contributed by atoms with van der Waals surface area (Å²) in [5.74, 6) is 0.545. The van der Waals surface area contributed by atoms with Crippen LogP contribution in [0.2, 0.25) is 0 Å². The summed E-state index contributed by atoms with van der Waals surface area (Å²) in [6.45, 7) is 2.91. The van der Waals surface area contributed by atoms with Crippen LogP contribution >= 0.6 is 12.4 Å². The molecule has 2 aromatic carbocycles. The fourth-order valence-electron chi connectivity index (χ4n) is 3.19. The Morgan fingerprint density at radius 3 is 2.00 bits per heavy atom. The normalized spacial score (nSPS) is 16.5. The molecular formula is C19H24ClNO2S. The summed E-state index contributed by atoms with van der Waals surface area (Å²) in [5.41, 5.74) is 1.32. The van der Waals surface area contributed by atoms with E-state index in [0.29, 0.717) is 4.90 Å². The highest BCUT2D eigenvalue weighted by Crippen LogP contribution is 2.23. The number of hydrogen-bond acceptors (Lipinski definition) is 3. The van der Waals surface area contributed by atoms with Crippen LogP contribution in [0.5, 0.6) is 0 Å². The van der Waals surface area contributed by atoms with Gasteiger partial charge in [-0.3, -0.25) is 4.90 Å². The van der Waals surface area contributed by atoms with Gasteiger partial charge in [0.05, 0.1) is 10.6 Å². The summed E-state index contributed by atoms with van der Waals surface area (Å²) in [5, 5.41) is 0. The Bertz CT molecular complexity index is 712. The minimum atomic E-state index is -3.15. The molecule has 0 spiro atoms. The van der Waals surface area contributed by atoms with Gasteiger partial charge in [0.2, 0.25) is 0 Å². The minimum Gasteiger partial charge on any atom is -0.299 e. The molecule has 0 aromatic heterocycles. The minimum absolute atomic E-state index is 0. The highest BCUT2D eigenvalue weighted by Gasteiger charge is 2.25. The van der Waals surface area contributed by atoms with Crippen LogP contribution in [0.25, 0.3) is 0 Å². The smallest absolute Gasteiger partial charge is 0.178 e. The average molecular weight is 366 g/mol. The lowest BCUT2D eigenvalue weighted by molar-refractivity contribution is 0.186. The summed E-state index contributed by atoms with van der Waals surface area (Å²) in [6.07, 6.45) is 1.91. The van der Waals surface area contributed by atoms with Crippen molar-refractivity contribution < 1.29 is 8.42 Å². The molecule has 0 bridgehead atoms. The lowest BCUT2D eigenvalue weighted by atomic mass is 9.98. The third-order valence-electron chi connectivity index (χ3n) is 4.51. The molecule has 0 atom stereocenters. The first-order valence-electron chi connectivity index (χ1n) is 8.17. The van der Waals surface area contributed by atoms with Crippen molar-refractivity contribution in [3.63, 3.8) is 0 Å². The van der Waals surface area contributed by atoms with Gasteiger partial charge in [-0.1, -0.05) is 48.5 Å². The van der Waals surface area contributed by atoms with Crippen molar-refractivity contribution in [1.29, 1.82) is 0 Å². The van der Waals surface area contributed by atoms with Crippen LogP contribution in [-0.4, -0.2) is 32.2 Å². The van der Waals surface area contributed by atoms with Gasteiger partial charge in [0, 0.05) is 6.54 Å². The summed E-state index contributed by atoms with van der Waals surface area (Å²) < 4.78 is 24.9. The van der Waals surface area contributed by atoms with Crippen molar-refractivity contribution in [1.82, 2.24) is 4.90 Å². The average Bonchev–Trinajstić information content (AvgIpc) is 2.58. The SMILES string of the molecule is Cl.O=S(=O)(CC1CCN(Cc2ccccc2)CC1)c1ccccc1. The first-order chi connectivity index (χ1) is 11.1. The standard InChI is InChI=1S/C19H23NO2S.ClH/c21-23(22,19-9-5-2-6-10-19)16-18-11-13-20(14-12-18)15-17-7-3-1-4-8-17;/h1-10,18H,11-16H2;1H. The highest BCUT2D eigenvalue weighted by molar-refractivity contribution is 7.91. The predicted octanol–water partition coefficient (Wildman–Crippen LogP) is 3.79. The number of sulfone groups is 1. The van der Waals surface area contributed by atoms with E-state index < -0.39 is 9.84 Å². The zero-order chi connectivity index (χ0) is 16.1. The number of benzene rings is 2. The number of nitrogens with zero attached hydrogens (tertiary/aromatic N) is 1. The summed E-state index contributed by atoms with van der Waals surface area (Å²) in [6, 6.07) is 19.3. The van der Waals surface area contributed by atoms with E-state index >= 15 is 0 Å². The number of piperidine rings is 1. The van der Waals surface area contributed by atoms with Crippen LogP contribution in [0.3, 0.4) is 0 Å². The monoisotopic (exact) mass is 365 g/mol. The number of hydrogen-bond donors (Lipinski definition) is 0. The molecule has 3 rings (SSSR count). The zero-order valence-corrected chi connectivity index (χ0v) is 15.3.